The molecule has 0 bridgehead atoms. The van der Waals surface area contributed by atoms with Gasteiger partial charge in [0.25, 0.3) is 0 Å². The minimum atomic E-state index is -0.624. The van der Waals surface area contributed by atoms with E-state index in [0.717, 1.165) is 24.0 Å². The highest BCUT2D eigenvalue weighted by atomic mass is 16.1. The summed E-state index contributed by atoms with van der Waals surface area (Å²) < 4.78 is 0. The second-order valence-corrected chi connectivity index (χ2v) is 5.50. The van der Waals surface area contributed by atoms with Crippen molar-refractivity contribution in [2.24, 2.45) is 5.73 Å². The van der Waals surface area contributed by atoms with Crippen LogP contribution < -0.4 is 5.73 Å². The van der Waals surface area contributed by atoms with E-state index in [4.69, 9.17) is 5.73 Å². The molecule has 0 heterocycles. The van der Waals surface area contributed by atoms with Crippen molar-refractivity contribution in [2.45, 2.75) is 32.1 Å². The number of primary amides is 1. The van der Waals surface area contributed by atoms with Gasteiger partial charge in [-0.15, -0.1) is 0 Å². The van der Waals surface area contributed by atoms with Crippen LogP contribution in [0.15, 0.2) is 54.6 Å². The largest absolute Gasteiger partial charge is 0.369 e. The summed E-state index contributed by atoms with van der Waals surface area (Å²) in [6.45, 7) is 3.97. The average Bonchev–Trinajstić information content (AvgIpc) is 2.46. The average molecular weight is 267 g/mol. The van der Waals surface area contributed by atoms with Crippen molar-refractivity contribution < 1.29 is 4.79 Å². The second-order valence-electron chi connectivity index (χ2n) is 5.50. The fraction of sp³-hybridized carbons (Fsp3) is 0.278. The van der Waals surface area contributed by atoms with Crippen molar-refractivity contribution >= 4 is 5.91 Å². The maximum Gasteiger partial charge on any atom is 0.227 e. The van der Waals surface area contributed by atoms with Gasteiger partial charge in [-0.25, -0.2) is 0 Å². The molecule has 0 aliphatic rings. The van der Waals surface area contributed by atoms with E-state index in [1.165, 1.54) is 5.56 Å². The van der Waals surface area contributed by atoms with Gasteiger partial charge < -0.3 is 5.73 Å². The highest BCUT2D eigenvalue weighted by Crippen LogP contribution is 2.31. The summed E-state index contributed by atoms with van der Waals surface area (Å²) in [6.07, 6.45) is 1.56. The highest BCUT2D eigenvalue weighted by Gasteiger charge is 2.33. The summed E-state index contributed by atoms with van der Waals surface area (Å²) in [4.78, 5) is 12.0. The predicted octanol–water partition coefficient (Wildman–Crippen LogP) is 3.37. The Bertz CT molecular complexity index is 591. The van der Waals surface area contributed by atoms with Gasteiger partial charge in [-0.3, -0.25) is 4.79 Å². The van der Waals surface area contributed by atoms with Gasteiger partial charge in [0, 0.05) is 0 Å². The molecular formula is C18H21NO. The zero-order valence-corrected chi connectivity index (χ0v) is 12.1. The van der Waals surface area contributed by atoms with Crippen LogP contribution in [0.5, 0.6) is 0 Å². The molecule has 2 nitrogen and oxygen atoms in total. The number of carbonyl (C=O) groups excluding carboxylic acids is 1. The van der Waals surface area contributed by atoms with Crippen LogP contribution >= 0.6 is 0 Å². The van der Waals surface area contributed by atoms with E-state index in [2.05, 4.69) is 12.1 Å². The van der Waals surface area contributed by atoms with Crippen LogP contribution in [-0.4, -0.2) is 5.91 Å². The zero-order chi connectivity index (χ0) is 14.6. The summed E-state index contributed by atoms with van der Waals surface area (Å²) in [6, 6.07) is 18.2. The summed E-state index contributed by atoms with van der Waals surface area (Å²) in [5.41, 5.74) is 8.45. The first-order valence-electron chi connectivity index (χ1n) is 6.94. The van der Waals surface area contributed by atoms with Crippen LogP contribution in [0.3, 0.4) is 0 Å². The van der Waals surface area contributed by atoms with Crippen LogP contribution in [0.25, 0.3) is 0 Å². The van der Waals surface area contributed by atoms with Crippen LogP contribution in [0.2, 0.25) is 0 Å². The van der Waals surface area contributed by atoms with Crippen LogP contribution in [0.4, 0.5) is 0 Å². The SMILES string of the molecule is Cc1ccccc1C(C)(CCc1ccccc1)C(N)=O. The lowest BCUT2D eigenvalue weighted by atomic mass is 9.75. The molecule has 1 unspecified atom stereocenters. The predicted molar refractivity (Wildman–Crippen MR) is 82.5 cm³/mol. The molecule has 0 spiro atoms. The minimum absolute atomic E-state index is 0.261. The van der Waals surface area contributed by atoms with Crippen LogP contribution in [0.1, 0.15) is 30.0 Å². The van der Waals surface area contributed by atoms with Gasteiger partial charge >= 0.3 is 0 Å². The number of hydrogen-bond acceptors (Lipinski definition) is 1. The van der Waals surface area contributed by atoms with Crippen LogP contribution in [0, 0.1) is 6.92 Å². The maximum absolute atomic E-state index is 12.0. The molecule has 20 heavy (non-hydrogen) atoms. The first-order valence-corrected chi connectivity index (χ1v) is 6.94. The van der Waals surface area contributed by atoms with Gasteiger partial charge in [0.15, 0.2) is 0 Å². The Labute approximate surface area is 120 Å². The topological polar surface area (TPSA) is 43.1 Å². The van der Waals surface area contributed by atoms with Crippen molar-refractivity contribution in [3.05, 3.63) is 71.3 Å². The van der Waals surface area contributed by atoms with Gasteiger partial charge in [0.1, 0.15) is 0 Å². The van der Waals surface area contributed by atoms with Crippen molar-refractivity contribution in [1.82, 2.24) is 0 Å². The summed E-state index contributed by atoms with van der Waals surface area (Å²) >= 11 is 0. The first kappa shape index (κ1) is 14.3. The summed E-state index contributed by atoms with van der Waals surface area (Å²) in [5, 5.41) is 0. The minimum Gasteiger partial charge on any atom is -0.369 e. The Morgan fingerprint density at radius 2 is 1.65 bits per heavy atom. The number of hydrogen-bond donors (Lipinski definition) is 1. The molecule has 2 rings (SSSR count). The number of carbonyl (C=O) groups is 1. The Hall–Kier alpha value is -2.09. The molecule has 0 fully saturated rings. The number of benzene rings is 2. The Morgan fingerprint density at radius 3 is 2.25 bits per heavy atom. The van der Waals surface area contributed by atoms with Crippen molar-refractivity contribution in [3.63, 3.8) is 0 Å². The van der Waals surface area contributed by atoms with Crippen molar-refractivity contribution in [2.75, 3.05) is 0 Å². The first-order chi connectivity index (χ1) is 9.54. The molecule has 0 aliphatic heterocycles. The number of amides is 1. The lowest BCUT2D eigenvalue weighted by Gasteiger charge is -2.28. The monoisotopic (exact) mass is 267 g/mol. The molecule has 0 saturated heterocycles. The molecule has 0 aromatic heterocycles. The molecule has 2 N–H and O–H groups in total. The third-order valence-electron chi connectivity index (χ3n) is 4.04. The third-order valence-corrected chi connectivity index (χ3v) is 4.04. The van der Waals surface area contributed by atoms with E-state index in [0.29, 0.717) is 0 Å². The number of rotatable bonds is 5. The fourth-order valence-corrected chi connectivity index (χ4v) is 2.62. The van der Waals surface area contributed by atoms with E-state index < -0.39 is 5.41 Å². The van der Waals surface area contributed by atoms with Crippen LogP contribution in [-0.2, 0) is 16.6 Å². The van der Waals surface area contributed by atoms with E-state index in [9.17, 15) is 4.79 Å². The zero-order valence-electron chi connectivity index (χ0n) is 12.1. The Morgan fingerprint density at radius 1 is 1.05 bits per heavy atom. The van der Waals surface area contributed by atoms with Crippen molar-refractivity contribution in [3.8, 4) is 0 Å². The van der Waals surface area contributed by atoms with Gasteiger partial charge in [-0.2, -0.15) is 0 Å². The van der Waals surface area contributed by atoms with Gasteiger partial charge in [-0.1, -0.05) is 54.6 Å². The quantitative estimate of drug-likeness (QED) is 0.886. The molecule has 2 heteroatoms. The molecule has 0 radical (unpaired) electrons. The van der Waals surface area contributed by atoms with E-state index in [1.54, 1.807) is 0 Å². The molecule has 2 aromatic rings. The maximum atomic E-state index is 12.0. The molecular weight excluding hydrogens is 246 g/mol. The lowest BCUT2D eigenvalue weighted by molar-refractivity contribution is -0.123. The normalized spacial score (nSPS) is 13.7. The lowest BCUT2D eigenvalue weighted by Crippen LogP contribution is -2.39. The van der Waals surface area contributed by atoms with Gasteiger partial charge in [0.05, 0.1) is 5.41 Å². The van der Waals surface area contributed by atoms with E-state index >= 15 is 0 Å². The summed E-state index contributed by atoms with van der Waals surface area (Å²) in [7, 11) is 0. The van der Waals surface area contributed by atoms with E-state index in [1.807, 2.05) is 56.3 Å². The van der Waals surface area contributed by atoms with Gasteiger partial charge in [0.2, 0.25) is 5.91 Å². The summed E-state index contributed by atoms with van der Waals surface area (Å²) in [5.74, 6) is -0.261. The smallest absolute Gasteiger partial charge is 0.227 e. The third kappa shape index (κ3) is 2.90. The number of aryl methyl sites for hydroxylation is 2. The Balaban J connectivity index is 2.27. The molecule has 0 aliphatic carbocycles. The fourth-order valence-electron chi connectivity index (χ4n) is 2.62. The molecule has 1 amide bonds. The van der Waals surface area contributed by atoms with E-state index in [-0.39, 0.29) is 5.91 Å². The molecule has 0 saturated carbocycles. The van der Waals surface area contributed by atoms with Gasteiger partial charge in [-0.05, 0) is 43.4 Å². The standard InChI is InChI=1S/C18H21NO/c1-14-8-6-7-11-16(14)18(2,17(19)20)13-12-15-9-4-3-5-10-15/h3-11H,12-13H2,1-2H3,(H2,19,20). The molecule has 1 atom stereocenters. The number of nitrogens with two attached hydrogens (primary N) is 1. The highest BCUT2D eigenvalue weighted by molar-refractivity contribution is 5.86. The van der Waals surface area contributed by atoms with Crippen molar-refractivity contribution in [1.29, 1.82) is 0 Å². The second kappa shape index (κ2) is 5.91. The molecule has 2 aromatic carbocycles. The molecule has 104 valence electrons. The Kier molecular flexibility index (Phi) is 4.23.